The third kappa shape index (κ3) is 4.95. The van der Waals surface area contributed by atoms with Crippen LogP contribution in [0.15, 0.2) is 47.5 Å². The first kappa shape index (κ1) is 22.3. The number of oxazole rings is 1. The molecule has 0 spiro atoms. The van der Waals surface area contributed by atoms with E-state index in [9.17, 15) is 20.4 Å². The van der Waals surface area contributed by atoms with Gasteiger partial charge >= 0.3 is 0 Å². The third-order valence-electron chi connectivity index (χ3n) is 5.57. The number of hydrogen-bond acceptors (Lipinski definition) is 10. The van der Waals surface area contributed by atoms with Crippen LogP contribution in [0.25, 0.3) is 11.5 Å². The summed E-state index contributed by atoms with van der Waals surface area (Å²) < 4.78 is 5.38. The van der Waals surface area contributed by atoms with Gasteiger partial charge in [-0.1, -0.05) is 0 Å². The van der Waals surface area contributed by atoms with E-state index in [-0.39, 0.29) is 19.7 Å². The Morgan fingerprint density at radius 1 is 1.06 bits per heavy atom. The van der Waals surface area contributed by atoms with Crippen LogP contribution >= 0.6 is 0 Å². The predicted molar refractivity (Wildman–Crippen MR) is 115 cm³/mol. The fourth-order valence-electron chi connectivity index (χ4n) is 3.89. The van der Waals surface area contributed by atoms with Gasteiger partial charge in [-0.15, -0.1) is 0 Å². The first-order chi connectivity index (χ1) is 15.4. The number of aliphatic hydroxyl groups is 4. The normalized spacial score (nSPS) is 23.9. The zero-order chi connectivity index (χ0) is 22.7. The van der Waals surface area contributed by atoms with E-state index in [1.54, 1.807) is 23.5 Å². The van der Waals surface area contributed by atoms with E-state index >= 15 is 0 Å². The van der Waals surface area contributed by atoms with Crippen molar-refractivity contribution in [1.29, 1.82) is 0 Å². The maximum absolute atomic E-state index is 10.1. The zero-order valence-electron chi connectivity index (χ0n) is 17.7. The summed E-state index contributed by atoms with van der Waals surface area (Å²) in [5.74, 6) is 0.558. The van der Waals surface area contributed by atoms with Crippen LogP contribution in [0.2, 0.25) is 0 Å². The van der Waals surface area contributed by atoms with E-state index in [1.807, 2.05) is 25.1 Å². The lowest BCUT2D eigenvalue weighted by atomic mass is 9.94. The number of aryl methyl sites for hydroxylation is 1. The van der Waals surface area contributed by atoms with E-state index < -0.39 is 24.4 Å². The number of hydrogen-bond donors (Lipinski definition) is 5. The molecule has 3 aromatic rings. The number of β-amino-alcohol motifs (C(OH)–C–C–N with tert-alkyl or cyclic N) is 1. The number of aromatic nitrogens is 3. The molecule has 1 aliphatic heterocycles. The van der Waals surface area contributed by atoms with E-state index in [0.29, 0.717) is 18.1 Å². The quantitative estimate of drug-likeness (QED) is 0.347. The van der Waals surface area contributed by atoms with Crippen LogP contribution < -0.4 is 5.32 Å². The summed E-state index contributed by atoms with van der Waals surface area (Å²) in [6.45, 7) is 2.53. The minimum atomic E-state index is -1.28. The van der Waals surface area contributed by atoms with Crippen molar-refractivity contribution in [3.63, 3.8) is 0 Å². The smallest absolute Gasteiger partial charge is 0.225 e. The van der Waals surface area contributed by atoms with Crippen LogP contribution in [-0.2, 0) is 13.1 Å². The third-order valence-corrected chi connectivity index (χ3v) is 5.57. The average molecular weight is 441 g/mol. The fraction of sp³-hybridized carbons (Fsp3) is 0.409. The summed E-state index contributed by atoms with van der Waals surface area (Å²) in [5.41, 5.74) is 4.22. The average Bonchev–Trinajstić information content (AvgIpc) is 3.32. The topological polar surface area (TPSA) is 148 Å². The van der Waals surface area contributed by atoms with Gasteiger partial charge in [-0.25, -0.2) is 4.98 Å². The summed E-state index contributed by atoms with van der Waals surface area (Å²) in [6.07, 6.45) is 2.82. The van der Waals surface area contributed by atoms with Crippen molar-refractivity contribution in [3.8, 4) is 11.5 Å². The molecule has 2 aromatic heterocycles. The Morgan fingerprint density at radius 2 is 1.84 bits per heavy atom. The van der Waals surface area contributed by atoms with Gasteiger partial charge in [-0.05, 0) is 30.7 Å². The second kappa shape index (κ2) is 9.72. The minimum Gasteiger partial charge on any atom is -0.445 e. The fourth-order valence-corrected chi connectivity index (χ4v) is 3.89. The number of benzene rings is 1. The second-order valence-corrected chi connectivity index (χ2v) is 8.01. The summed E-state index contributed by atoms with van der Waals surface area (Å²) in [6, 6.07) is 5.29. The SMILES string of the molecule is Cc1cc(NCc2cnc(CN3C[C@H](O)[C@@H](O)[C@H](O)[C@H]3CO)cn2)cc(-c2ncco2)c1. The molecule has 32 heavy (non-hydrogen) atoms. The Hall–Kier alpha value is -2.89. The van der Waals surface area contributed by atoms with Crippen LogP contribution in [0.3, 0.4) is 0 Å². The summed E-state index contributed by atoms with van der Waals surface area (Å²) in [4.78, 5) is 14.7. The molecule has 0 amide bonds. The van der Waals surface area contributed by atoms with Crippen molar-refractivity contribution in [2.75, 3.05) is 18.5 Å². The van der Waals surface area contributed by atoms with E-state index in [0.717, 1.165) is 22.5 Å². The molecule has 0 unspecified atom stereocenters. The van der Waals surface area contributed by atoms with Gasteiger partial charge in [0, 0.05) is 24.3 Å². The van der Waals surface area contributed by atoms with Gasteiger partial charge in [-0.3, -0.25) is 14.9 Å². The van der Waals surface area contributed by atoms with Crippen molar-refractivity contribution in [1.82, 2.24) is 19.9 Å². The van der Waals surface area contributed by atoms with Gasteiger partial charge in [0.2, 0.25) is 5.89 Å². The minimum absolute atomic E-state index is 0.120. The monoisotopic (exact) mass is 441 g/mol. The van der Waals surface area contributed by atoms with Gasteiger partial charge in [0.1, 0.15) is 18.5 Å². The second-order valence-electron chi connectivity index (χ2n) is 8.01. The molecule has 0 bridgehead atoms. The standard InChI is InChI=1S/C22H27N5O5/c1-13-4-14(22-23-2-3-32-22)6-15(5-13)24-7-16-8-26-17(9-25-16)10-27-11-19(29)21(31)20(30)18(27)12-28/h2-6,8-9,18-21,24,28-31H,7,10-12H2,1H3/t18-,19+,20-,21-/m1/s1. The molecule has 1 aromatic carbocycles. The summed E-state index contributed by atoms with van der Waals surface area (Å²) in [5, 5.41) is 42.8. The molecule has 4 atom stereocenters. The highest BCUT2D eigenvalue weighted by atomic mass is 16.4. The number of piperidine rings is 1. The van der Waals surface area contributed by atoms with Gasteiger partial charge < -0.3 is 30.2 Å². The van der Waals surface area contributed by atoms with Crippen molar-refractivity contribution in [3.05, 3.63) is 60.0 Å². The molecule has 1 saturated heterocycles. The highest BCUT2D eigenvalue weighted by Gasteiger charge is 2.41. The molecular formula is C22H27N5O5. The van der Waals surface area contributed by atoms with Crippen LogP contribution in [0.4, 0.5) is 5.69 Å². The highest BCUT2D eigenvalue weighted by Crippen LogP contribution is 2.24. The Morgan fingerprint density at radius 3 is 2.53 bits per heavy atom. The number of aliphatic hydroxyl groups excluding tert-OH is 4. The number of likely N-dealkylation sites (tertiary alicyclic amines) is 1. The number of nitrogens with zero attached hydrogens (tertiary/aromatic N) is 4. The Balaban J connectivity index is 1.38. The number of nitrogens with one attached hydrogen (secondary N) is 1. The first-order valence-electron chi connectivity index (χ1n) is 10.4. The maximum atomic E-state index is 10.1. The molecular weight excluding hydrogens is 414 g/mol. The predicted octanol–water partition coefficient (Wildman–Crippen LogP) is 0.311. The molecule has 0 aliphatic carbocycles. The number of rotatable bonds is 7. The Bertz CT molecular complexity index is 1010. The molecule has 0 saturated carbocycles. The van der Waals surface area contributed by atoms with E-state index in [2.05, 4.69) is 20.3 Å². The first-order valence-corrected chi connectivity index (χ1v) is 10.4. The van der Waals surface area contributed by atoms with Crippen LogP contribution in [0.1, 0.15) is 17.0 Å². The van der Waals surface area contributed by atoms with E-state index in [1.165, 1.54) is 6.26 Å². The van der Waals surface area contributed by atoms with Crippen molar-refractivity contribution in [2.45, 2.75) is 44.4 Å². The molecule has 1 aliphatic rings. The van der Waals surface area contributed by atoms with Crippen LogP contribution in [0.5, 0.6) is 0 Å². The molecule has 5 N–H and O–H groups in total. The Labute approximate surface area is 185 Å². The largest absolute Gasteiger partial charge is 0.445 e. The van der Waals surface area contributed by atoms with Gasteiger partial charge in [0.05, 0.1) is 55.3 Å². The van der Waals surface area contributed by atoms with Gasteiger partial charge in [-0.2, -0.15) is 0 Å². The zero-order valence-corrected chi connectivity index (χ0v) is 17.7. The van der Waals surface area contributed by atoms with E-state index in [4.69, 9.17) is 4.42 Å². The molecule has 170 valence electrons. The molecule has 0 radical (unpaired) electrons. The molecule has 1 fully saturated rings. The summed E-state index contributed by atoms with van der Waals surface area (Å²) in [7, 11) is 0. The molecule has 10 heteroatoms. The van der Waals surface area contributed by atoms with Crippen molar-refractivity contribution >= 4 is 5.69 Å². The molecule has 10 nitrogen and oxygen atoms in total. The lowest BCUT2D eigenvalue weighted by Crippen LogP contribution is -2.62. The lowest BCUT2D eigenvalue weighted by molar-refractivity contribution is -0.147. The van der Waals surface area contributed by atoms with Crippen LogP contribution in [0, 0.1) is 6.92 Å². The maximum Gasteiger partial charge on any atom is 0.225 e. The van der Waals surface area contributed by atoms with Crippen LogP contribution in [-0.4, -0.2) is 77.8 Å². The summed E-state index contributed by atoms with van der Waals surface area (Å²) >= 11 is 0. The lowest BCUT2D eigenvalue weighted by Gasteiger charge is -2.42. The van der Waals surface area contributed by atoms with Crippen molar-refractivity contribution < 1.29 is 24.8 Å². The Kier molecular flexibility index (Phi) is 6.77. The highest BCUT2D eigenvalue weighted by molar-refractivity contribution is 5.63. The van der Waals surface area contributed by atoms with Gasteiger partial charge in [0.15, 0.2) is 0 Å². The molecule has 4 rings (SSSR count). The number of anilines is 1. The van der Waals surface area contributed by atoms with Gasteiger partial charge in [0.25, 0.3) is 0 Å². The molecule has 3 heterocycles. The van der Waals surface area contributed by atoms with Crippen molar-refractivity contribution in [2.24, 2.45) is 0 Å².